The minimum absolute atomic E-state index is 0.294. The van der Waals surface area contributed by atoms with Crippen molar-refractivity contribution in [2.45, 2.75) is 13.0 Å². The van der Waals surface area contributed by atoms with E-state index in [2.05, 4.69) is 14.5 Å². The molecular formula is C10H9F4NO4. The van der Waals surface area contributed by atoms with Crippen LogP contribution in [0.3, 0.4) is 0 Å². The smallest absolute Gasteiger partial charge is 0.496 e. The van der Waals surface area contributed by atoms with E-state index in [1.54, 1.807) is 0 Å². The fraction of sp³-hybridized carbons (Fsp3) is 0.400. The maximum Gasteiger partial charge on any atom is 0.574 e. The summed E-state index contributed by atoms with van der Waals surface area (Å²) in [4.78, 5) is 14.6. The van der Waals surface area contributed by atoms with Crippen molar-refractivity contribution in [2.24, 2.45) is 0 Å². The molecule has 106 valence electrons. The van der Waals surface area contributed by atoms with Crippen molar-refractivity contribution in [1.29, 1.82) is 0 Å². The Hall–Kier alpha value is -2.06. The van der Waals surface area contributed by atoms with Gasteiger partial charge in [-0.25, -0.2) is 14.2 Å². The Morgan fingerprint density at radius 2 is 2.00 bits per heavy atom. The second-order valence-electron chi connectivity index (χ2n) is 3.16. The predicted molar refractivity (Wildman–Crippen MR) is 53.6 cm³/mol. The SMILES string of the molecule is COC(=O)c1nc(OC(F)(F)F)cc(OC)c1CF. The average Bonchev–Trinajstić information content (AvgIpc) is 2.34. The highest BCUT2D eigenvalue weighted by Gasteiger charge is 2.33. The van der Waals surface area contributed by atoms with Crippen LogP contribution in [0.1, 0.15) is 16.1 Å². The van der Waals surface area contributed by atoms with Gasteiger partial charge >= 0.3 is 12.3 Å². The topological polar surface area (TPSA) is 57.7 Å². The van der Waals surface area contributed by atoms with Crippen LogP contribution < -0.4 is 9.47 Å². The third-order valence-electron chi connectivity index (χ3n) is 2.01. The van der Waals surface area contributed by atoms with Gasteiger partial charge in [0.1, 0.15) is 12.4 Å². The molecule has 0 unspecified atom stereocenters. The molecule has 0 fully saturated rings. The summed E-state index contributed by atoms with van der Waals surface area (Å²) in [6.45, 7) is -1.16. The number of pyridine rings is 1. The highest BCUT2D eigenvalue weighted by molar-refractivity contribution is 5.89. The van der Waals surface area contributed by atoms with Crippen molar-refractivity contribution < 1.29 is 36.6 Å². The Morgan fingerprint density at radius 1 is 1.37 bits per heavy atom. The summed E-state index contributed by atoms with van der Waals surface area (Å²) in [5.74, 6) is -2.34. The summed E-state index contributed by atoms with van der Waals surface area (Å²) < 4.78 is 61.6. The average molecular weight is 283 g/mol. The summed E-state index contributed by atoms with van der Waals surface area (Å²) in [5, 5.41) is 0. The molecule has 1 aromatic rings. The Balaban J connectivity index is 3.34. The number of carbonyl (C=O) groups excluding carboxylic acids is 1. The lowest BCUT2D eigenvalue weighted by atomic mass is 10.2. The standard InChI is InChI=1S/C10H9F4NO4/c1-17-6-3-7(19-10(12,13)14)15-8(5(6)4-11)9(16)18-2/h3H,4H2,1-2H3. The van der Waals surface area contributed by atoms with Crippen LogP contribution in [0.4, 0.5) is 17.6 Å². The third kappa shape index (κ3) is 3.70. The molecule has 5 nitrogen and oxygen atoms in total. The summed E-state index contributed by atoms with van der Waals surface area (Å²) in [6.07, 6.45) is -5.00. The van der Waals surface area contributed by atoms with Crippen molar-refractivity contribution in [3.05, 3.63) is 17.3 Å². The molecule has 0 aliphatic heterocycles. The Labute approximate surface area is 105 Å². The number of carbonyl (C=O) groups is 1. The van der Waals surface area contributed by atoms with Gasteiger partial charge < -0.3 is 14.2 Å². The molecule has 0 amide bonds. The van der Waals surface area contributed by atoms with Gasteiger partial charge in [0.15, 0.2) is 5.69 Å². The molecule has 0 N–H and O–H groups in total. The molecule has 9 heteroatoms. The molecular weight excluding hydrogens is 274 g/mol. The van der Waals surface area contributed by atoms with Gasteiger partial charge in [0.25, 0.3) is 0 Å². The van der Waals surface area contributed by atoms with Gasteiger partial charge in [0, 0.05) is 6.07 Å². The number of esters is 1. The zero-order valence-electron chi connectivity index (χ0n) is 9.88. The summed E-state index contributed by atoms with van der Waals surface area (Å²) in [5.41, 5.74) is -0.951. The quantitative estimate of drug-likeness (QED) is 0.626. The molecule has 0 atom stereocenters. The minimum atomic E-state index is -5.00. The number of alkyl halides is 4. The van der Waals surface area contributed by atoms with Gasteiger partial charge in [-0.1, -0.05) is 0 Å². The fourth-order valence-corrected chi connectivity index (χ4v) is 1.27. The normalized spacial score (nSPS) is 11.1. The second kappa shape index (κ2) is 5.72. The van der Waals surface area contributed by atoms with Crippen LogP contribution in [0.15, 0.2) is 6.07 Å². The number of aromatic nitrogens is 1. The van der Waals surface area contributed by atoms with Crippen LogP contribution in [-0.4, -0.2) is 31.5 Å². The Morgan fingerprint density at radius 3 is 2.42 bits per heavy atom. The highest BCUT2D eigenvalue weighted by atomic mass is 19.4. The van der Waals surface area contributed by atoms with Crippen LogP contribution >= 0.6 is 0 Å². The van der Waals surface area contributed by atoms with Crippen molar-refractivity contribution in [1.82, 2.24) is 4.98 Å². The van der Waals surface area contributed by atoms with Gasteiger partial charge in [-0.2, -0.15) is 0 Å². The Kier molecular flexibility index (Phi) is 4.52. The van der Waals surface area contributed by atoms with E-state index < -0.39 is 30.6 Å². The van der Waals surface area contributed by atoms with Crippen LogP contribution in [0.25, 0.3) is 0 Å². The summed E-state index contributed by atoms with van der Waals surface area (Å²) in [6, 6.07) is 0.731. The monoisotopic (exact) mass is 283 g/mol. The molecule has 0 spiro atoms. The summed E-state index contributed by atoms with van der Waals surface area (Å²) >= 11 is 0. The van der Waals surface area contributed by atoms with Gasteiger partial charge in [-0.05, 0) is 0 Å². The predicted octanol–water partition coefficient (Wildman–Crippen LogP) is 2.24. The van der Waals surface area contributed by atoms with Crippen LogP contribution in [0, 0.1) is 0 Å². The van der Waals surface area contributed by atoms with Crippen molar-refractivity contribution in [2.75, 3.05) is 14.2 Å². The van der Waals surface area contributed by atoms with E-state index in [0.717, 1.165) is 20.3 Å². The van der Waals surface area contributed by atoms with E-state index in [9.17, 15) is 22.4 Å². The molecule has 0 saturated carbocycles. The number of nitrogens with zero attached hydrogens (tertiary/aromatic N) is 1. The first kappa shape index (κ1) is 15.0. The molecule has 1 heterocycles. The first-order valence-electron chi connectivity index (χ1n) is 4.80. The van der Waals surface area contributed by atoms with E-state index in [-0.39, 0.29) is 11.3 Å². The zero-order chi connectivity index (χ0) is 14.6. The van der Waals surface area contributed by atoms with E-state index in [4.69, 9.17) is 4.74 Å². The van der Waals surface area contributed by atoms with Gasteiger partial charge in [0.2, 0.25) is 5.88 Å². The maximum absolute atomic E-state index is 12.8. The number of rotatable bonds is 4. The number of halogens is 4. The molecule has 1 rings (SSSR count). The first-order valence-corrected chi connectivity index (χ1v) is 4.80. The number of hydrogen-bond donors (Lipinski definition) is 0. The van der Waals surface area contributed by atoms with E-state index in [1.165, 1.54) is 0 Å². The molecule has 0 radical (unpaired) electrons. The lowest BCUT2D eigenvalue weighted by molar-refractivity contribution is -0.276. The van der Waals surface area contributed by atoms with Gasteiger partial charge in [-0.15, -0.1) is 13.2 Å². The minimum Gasteiger partial charge on any atom is -0.496 e. The first-order chi connectivity index (χ1) is 8.82. The van der Waals surface area contributed by atoms with E-state index in [1.807, 2.05) is 0 Å². The molecule has 0 aliphatic rings. The molecule has 1 aromatic heterocycles. The van der Waals surface area contributed by atoms with E-state index >= 15 is 0 Å². The lowest BCUT2D eigenvalue weighted by Crippen LogP contribution is -2.19. The number of ether oxygens (including phenoxy) is 3. The van der Waals surface area contributed by atoms with Crippen molar-refractivity contribution >= 4 is 5.97 Å². The van der Waals surface area contributed by atoms with Crippen molar-refractivity contribution in [3.63, 3.8) is 0 Å². The van der Waals surface area contributed by atoms with Crippen molar-refractivity contribution in [3.8, 4) is 11.6 Å². The zero-order valence-corrected chi connectivity index (χ0v) is 9.88. The van der Waals surface area contributed by atoms with Gasteiger partial charge in [-0.3, -0.25) is 0 Å². The number of methoxy groups -OCH3 is 2. The lowest BCUT2D eigenvalue weighted by Gasteiger charge is -2.13. The molecule has 0 aliphatic carbocycles. The maximum atomic E-state index is 12.8. The fourth-order valence-electron chi connectivity index (χ4n) is 1.27. The van der Waals surface area contributed by atoms with Crippen LogP contribution in [-0.2, 0) is 11.4 Å². The van der Waals surface area contributed by atoms with Crippen LogP contribution in [0.2, 0.25) is 0 Å². The summed E-state index contributed by atoms with van der Waals surface area (Å²) in [7, 11) is 2.09. The van der Waals surface area contributed by atoms with Crippen LogP contribution in [0.5, 0.6) is 11.6 Å². The third-order valence-corrected chi connectivity index (χ3v) is 2.01. The highest BCUT2D eigenvalue weighted by Crippen LogP contribution is 2.30. The Bertz CT molecular complexity index is 475. The van der Waals surface area contributed by atoms with Gasteiger partial charge in [0.05, 0.1) is 19.8 Å². The molecule has 0 saturated heterocycles. The molecule has 0 aromatic carbocycles. The second-order valence-corrected chi connectivity index (χ2v) is 3.16. The molecule has 0 bridgehead atoms. The molecule has 19 heavy (non-hydrogen) atoms. The largest absolute Gasteiger partial charge is 0.574 e. The van der Waals surface area contributed by atoms with E-state index in [0.29, 0.717) is 0 Å². The number of hydrogen-bond acceptors (Lipinski definition) is 5.